The minimum atomic E-state index is 0.381. The Balaban J connectivity index is 1.61. The molecule has 0 N–H and O–H groups in total. The number of carbonyl (C=O) groups excluding carboxylic acids is 1. The SMILES string of the molecule is CCN(CC1CCCN1CC)C(=O)C(C1CC1)C1CC1. The molecule has 0 aromatic rings. The highest BCUT2D eigenvalue weighted by molar-refractivity contribution is 5.80. The van der Waals surface area contributed by atoms with Crippen molar-refractivity contribution < 1.29 is 4.79 Å². The lowest BCUT2D eigenvalue weighted by Gasteiger charge is -2.32. The predicted octanol–water partition coefficient (Wildman–Crippen LogP) is 2.76. The summed E-state index contributed by atoms with van der Waals surface area (Å²) in [6.07, 6.45) is 7.78. The van der Waals surface area contributed by atoms with Crippen LogP contribution in [-0.4, -0.2) is 47.9 Å². The van der Waals surface area contributed by atoms with Crippen molar-refractivity contribution in [3.63, 3.8) is 0 Å². The Hall–Kier alpha value is -0.570. The fourth-order valence-corrected chi connectivity index (χ4v) is 4.06. The molecule has 0 bridgehead atoms. The molecule has 3 rings (SSSR count). The van der Waals surface area contributed by atoms with Gasteiger partial charge in [-0.3, -0.25) is 9.69 Å². The van der Waals surface area contributed by atoms with Crippen LogP contribution in [0.1, 0.15) is 52.4 Å². The lowest BCUT2D eigenvalue weighted by Crippen LogP contribution is -2.45. The van der Waals surface area contributed by atoms with Crippen molar-refractivity contribution in [1.29, 1.82) is 0 Å². The van der Waals surface area contributed by atoms with E-state index < -0.39 is 0 Å². The topological polar surface area (TPSA) is 23.6 Å². The Labute approximate surface area is 123 Å². The minimum absolute atomic E-state index is 0.381. The zero-order chi connectivity index (χ0) is 14.1. The lowest BCUT2D eigenvalue weighted by molar-refractivity contribution is -0.137. The molecule has 20 heavy (non-hydrogen) atoms. The molecule has 3 fully saturated rings. The molecule has 0 aromatic heterocycles. The first-order valence-corrected chi connectivity index (χ1v) is 8.77. The van der Waals surface area contributed by atoms with E-state index in [-0.39, 0.29) is 0 Å². The number of likely N-dealkylation sites (tertiary alicyclic amines) is 1. The van der Waals surface area contributed by atoms with Gasteiger partial charge in [-0.2, -0.15) is 0 Å². The third-order valence-electron chi connectivity index (χ3n) is 5.57. The molecule has 3 heteroatoms. The average molecular weight is 278 g/mol. The second-order valence-electron chi connectivity index (χ2n) is 7.00. The Bertz CT molecular complexity index is 337. The van der Waals surface area contributed by atoms with Gasteiger partial charge in [0.2, 0.25) is 5.91 Å². The van der Waals surface area contributed by atoms with Crippen LogP contribution in [0, 0.1) is 17.8 Å². The van der Waals surface area contributed by atoms with Crippen LogP contribution in [0.3, 0.4) is 0 Å². The summed E-state index contributed by atoms with van der Waals surface area (Å²) in [5.41, 5.74) is 0. The normalized spacial score (nSPS) is 27.2. The first kappa shape index (κ1) is 14.4. The van der Waals surface area contributed by atoms with Crippen LogP contribution in [0.2, 0.25) is 0 Å². The van der Waals surface area contributed by atoms with Crippen LogP contribution in [0.5, 0.6) is 0 Å². The summed E-state index contributed by atoms with van der Waals surface area (Å²) in [6.45, 7) is 8.61. The van der Waals surface area contributed by atoms with Gasteiger partial charge in [-0.05, 0) is 70.4 Å². The van der Waals surface area contributed by atoms with Gasteiger partial charge in [0.15, 0.2) is 0 Å². The molecule has 1 amide bonds. The third-order valence-corrected chi connectivity index (χ3v) is 5.57. The van der Waals surface area contributed by atoms with E-state index >= 15 is 0 Å². The fraction of sp³-hybridized carbons (Fsp3) is 0.941. The summed E-state index contributed by atoms with van der Waals surface area (Å²) in [5, 5.41) is 0. The first-order chi connectivity index (χ1) is 9.74. The molecule has 1 saturated heterocycles. The summed E-state index contributed by atoms with van der Waals surface area (Å²) in [7, 11) is 0. The maximum Gasteiger partial charge on any atom is 0.226 e. The van der Waals surface area contributed by atoms with Gasteiger partial charge in [-0.25, -0.2) is 0 Å². The smallest absolute Gasteiger partial charge is 0.226 e. The van der Waals surface area contributed by atoms with Gasteiger partial charge in [0.05, 0.1) is 0 Å². The number of likely N-dealkylation sites (N-methyl/N-ethyl adjacent to an activating group) is 2. The van der Waals surface area contributed by atoms with Crippen molar-refractivity contribution in [2.45, 2.75) is 58.4 Å². The standard InChI is InChI=1S/C17H30N2O/c1-3-18-11-5-6-15(18)12-19(4-2)17(20)16(13-7-8-13)14-9-10-14/h13-16H,3-12H2,1-2H3. The lowest BCUT2D eigenvalue weighted by atomic mass is 9.96. The summed E-state index contributed by atoms with van der Waals surface area (Å²) < 4.78 is 0. The molecule has 0 radical (unpaired) electrons. The van der Waals surface area contributed by atoms with Crippen molar-refractivity contribution in [2.75, 3.05) is 26.2 Å². The van der Waals surface area contributed by atoms with E-state index in [1.54, 1.807) is 0 Å². The summed E-state index contributed by atoms with van der Waals surface area (Å²) in [6, 6.07) is 0.614. The number of amides is 1. The largest absolute Gasteiger partial charge is 0.341 e. The number of hydrogen-bond acceptors (Lipinski definition) is 2. The van der Waals surface area contributed by atoms with Gasteiger partial charge in [-0.1, -0.05) is 6.92 Å². The summed E-state index contributed by atoms with van der Waals surface area (Å²) in [4.78, 5) is 17.7. The van der Waals surface area contributed by atoms with Crippen LogP contribution >= 0.6 is 0 Å². The second kappa shape index (κ2) is 6.05. The fourth-order valence-electron chi connectivity index (χ4n) is 4.06. The molecule has 1 atom stereocenters. The molecule has 3 aliphatic rings. The van der Waals surface area contributed by atoms with Crippen LogP contribution in [0.25, 0.3) is 0 Å². The van der Waals surface area contributed by atoms with E-state index in [0.29, 0.717) is 17.9 Å². The molecule has 0 spiro atoms. The van der Waals surface area contributed by atoms with E-state index in [2.05, 4.69) is 23.6 Å². The van der Waals surface area contributed by atoms with Crippen LogP contribution in [0.15, 0.2) is 0 Å². The molecule has 3 nitrogen and oxygen atoms in total. The van der Waals surface area contributed by atoms with Crippen LogP contribution in [0.4, 0.5) is 0 Å². The Morgan fingerprint density at radius 2 is 1.80 bits per heavy atom. The number of hydrogen-bond donors (Lipinski definition) is 0. The molecule has 1 heterocycles. The maximum absolute atomic E-state index is 12.9. The van der Waals surface area contributed by atoms with Crippen molar-refractivity contribution in [3.8, 4) is 0 Å². The van der Waals surface area contributed by atoms with E-state index in [9.17, 15) is 4.79 Å². The molecule has 2 aliphatic carbocycles. The molecule has 0 aromatic carbocycles. The Kier molecular flexibility index (Phi) is 4.34. The van der Waals surface area contributed by atoms with Crippen molar-refractivity contribution in [2.24, 2.45) is 17.8 Å². The van der Waals surface area contributed by atoms with Crippen molar-refractivity contribution in [3.05, 3.63) is 0 Å². The molecule has 1 unspecified atom stereocenters. The maximum atomic E-state index is 12.9. The number of nitrogens with zero attached hydrogens (tertiary/aromatic N) is 2. The summed E-state index contributed by atoms with van der Waals surface area (Å²) in [5.74, 6) is 2.33. The zero-order valence-corrected chi connectivity index (χ0v) is 13.2. The van der Waals surface area contributed by atoms with Crippen molar-refractivity contribution in [1.82, 2.24) is 9.80 Å². The quantitative estimate of drug-likeness (QED) is 0.715. The molecular weight excluding hydrogens is 248 g/mol. The highest BCUT2D eigenvalue weighted by Crippen LogP contribution is 2.50. The third kappa shape index (κ3) is 3.03. The first-order valence-electron chi connectivity index (χ1n) is 8.77. The summed E-state index contributed by atoms with van der Waals surface area (Å²) >= 11 is 0. The van der Waals surface area contributed by atoms with E-state index in [1.807, 2.05) is 0 Å². The van der Waals surface area contributed by atoms with E-state index in [1.165, 1.54) is 45.1 Å². The van der Waals surface area contributed by atoms with Gasteiger partial charge >= 0.3 is 0 Å². The molecule has 114 valence electrons. The van der Waals surface area contributed by atoms with Gasteiger partial charge in [0.25, 0.3) is 0 Å². The van der Waals surface area contributed by atoms with Crippen molar-refractivity contribution >= 4 is 5.91 Å². The molecule has 2 saturated carbocycles. The van der Waals surface area contributed by atoms with Crippen LogP contribution < -0.4 is 0 Å². The van der Waals surface area contributed by atoms with Crippen LogP contribution in [-0.2, 0) is 4.79 Å². The van der Waals surface area contributed by atoms with Gasteiger partial charge in [0.1, 0.15) is 0 Å². The van der Waals surface area contributed by atoms with Gasteiger partial charge in [-0.15, -0.1) is 0 Å². The zero-order valence-electron chi connectivity index (χ0n) is 13.2. The molecular formula is C17H30N2O. The average Bonchev–Trinajstić information content (AvgIpc) is 3.38. The number of carbonyl (C=O) groups is 1. The van der Waals surface area contributed by atoms with Gasteiger partial charge < -0.3 is 4.90 Å². The Morgan fingerprint density at radius 3 is 2.30 bits per heavy atom. The second-order valence-corrected chi connectivity index (χ2v) is 7.00. The highest BCUT2D eigenvalue weighted by Gasteiger charge is 2.47. The van der Waals surface area contributed by atoms with E-state index in [4.69, 9.17) is 0 Å². The monoisotopic (exact) mass is 278 g/mol. The predicted molar refractivity (Wildman–Crippen MR) is 81.5 cm³/mol. The molecule has 1 aliphatic heterocycles. The van der Waals surface area contributed by atoms with E-state index in [0.717, 1.165) is 31.5 Å². The highest BCUT2D eigenvalue weighted by atomic mass is 16.2. The minimum Gasteiger partial charge on any atom is -0.341 e. The number of rotatable bonds is 7. The Morgan fingerprint density at radius 1 is 1.15 bits per heavy atom. The van der Waals surface area contributed by atoms with Gasteiger partial charge in [0, 0.05) is 25.0 Å².